The summed E-state index contributed by atoms with van der Waals surface area (Å²) in [5.41, 5.74) is 3.13. The van der Waals surface area contributed by atoms with Crippen molar-refractivity contribution in [3.63, 3.8) is 0 Å². The van der Waals surface area contributed by atoms with Crippen molar-refractivity contribution in [1.82, 2.24) is 4.90 Å². The van der Waals surface area contributed by atoms with Crippen molar-refractivity contribution in [2.75, 3.05) is 27.2 Å². The summed E-state index contributed by atoms with van der Waals surface area (Å²) in [5.74, 6) is 1.66. The Morgan fingerprint density at radius 1 is 1.21 bits per heavy atom. The van der Waals surface area contributed by atoms with E-state index in [4.69, 9.17) is 9.15 Å². The molecule has 0 fully saturated rings. The van der Waals surface area contributed by atoms with Gasteiger partial charge in [-0.25, -0.2) is 0 Å². The van der Waals surface area contributed by atoms with Gasteiger partial charge >= 0.3 is 0 Å². The van der Waals surface area contributed by atoms with Gasteiger partial charge in [-0.15, -0.1) is 0 Å². The van der Waals surface area contributed by atoms with Crippen LogP contribution in [0.2, 0.25) is 0 Å². The first-order chi connectivity index (χ1) is 13.9. The van der Waals surface area contributed by atoms with Crippen LogP contribution in [-0.4, -0.2) is 37.9 Å². The third kappa shape index (κ3) is 5.01. The molecular weight excluding hydrogens is 477 g/mol. The van der Waals surface area contributed by atoms with Crippen LogP contribution in [0.4, 0.5) is 0 Å². The van der Waals surface area contributed by atoms with Crippen molar-refractivity contribution >= 4 is 39.3 Å². The van der Waals surface area contributed by atoms with Gasteiger partial charge in [0.25, 0.3) is 0 Å². The number of hydrogen-bond donors (Lipinski definition) is 0. The summed E-state index contributed by atoms with van der Waals surface area (Å²) in [5, 5.41) is 0.891. The number of hydrogen-bond acceptors (Lipinski definition) is 4. The number of fused-ring (bicyclic) bond motifs is 1. The molecule has 0 bridgehead atoms. The number of rotatable bonds is 9. The van der Waals surface area contributed by atoms with E-state index in [1.54, 1.807) is 0 Å². The van der Waals surface area contributed by atoms with E-state index in [1.807, 2.05) is 57.4 Å². The molecule has 0 saturated carbocycles. The van der Waals surface area contributed by atoms with E-state index in [1.165, 1.54) is 0 Å². The minimum atomic E-state index is 0.0157. The number of halogens is 1. The maximum atomic E-state index is 13.5. The summed E-state index contributed by atoms with van der Waals surface area (Å²) in [4.78, 5) is 15.6. The number of ketones is 1. The number of ether oxygens (including phenoxy) is 1. The molecule has 1 aromatic heterocycles. The summed E-state index contributed by atoms with van der Waals surface area (Å²) in [6.45, 7) is 5.60. The number of nitrogens with zero attached hydrogens (tertiary/aromatic N) is 1. The molecule has 0 atom stereocenters. The van der Waals surface area contributed by atoms with Crippen LogP contribution < -0.4 is 4.74 Å². The molecule has 0 saturated heterocycles. The molecule has 4 nitrogen and oxygen atoms in total. The van der Waals surface area contributed by atoms with Gasteiger partial charge in [-0.2, -0.15) is 0 Å². The van der Waals surface area contributed by atoms with Gasteiger partial charge in [0.2, 0.25) is 0 Å². The Labute approximate surface area is 186 Å². The molecule has 29 heavy (non-hydrogen) atoms. The zero-order valence-corrected chi connectivity index (χ0v) is 19.7. The van der Waals surface area contributed by atoms with Gasteiger partial charge in [0.15, 0.2) is 5.78 Å². The van der Waals surface area contributed by atoms with E-state index in [0.29, 0.717) is 17.7 Å². The van der Waals surface area contributed by atoms with Crippen LogP contribution in [0, 0.1) is 10.5 Å². The molecule has 0 N–H and O–H groups in total. The lowest BCUT2D eigenvalue weighted by molar-refractivity contribution is 0.103. The first-order valence-electron chi connectivity index (χ1n) is 10.0. The molecule has 154 valence electrons. The fraction of sp³-hybridized carbons (Fsp3) is 0.375. The standard InChI is InChI=1S/C24H28INO3/c1-5-6-10-21-22(18-9-7-8-11-20(18)29-21)23(27)17-14-16(2)24(19(25)15-17)28-13-12-26(3)4/h7-9,11,14-15H,5-6,10,12-13H2,1-4H3. The van der Waals surface area contributed by atoms with E-state index < -0.39 is 0 Å². The average molecular weight is 505 g/mol. The van der Waals surface area contributed by atoms with Crippen molar-refractivity contribution in [2.24, 2.45) is 0 Å². The highest BCUT2D eigenvalue weighted by atomic mass is 127. The van der Waals surface area contributed by atoms with Gasteiger partial charge < -0.3 is 14.1 Å². The van der Waals surface area contributed by atoms with Crippen LogP contribution in [0.1, 0.15) is 47.0 Å². The third-order valence-corrected chi connectivity index (χ3v) is 5.73. The molecule has 3 rings (SSSR count). The third-order valence-electron chi connectivity index (χ3n) is 4.93. The summed E-state index contributed by atoms with van der Waals surface area (Å²) in [6, 6.07) is 11.6. The van der Waals surface area contributed by atoms with Crippen LogP contribution in [0.5, 0.6) is 5.75 Å². The van der Waals surface area contributed by atoms with Gasteiger partial charge in [0, 0.05) is 23.9 Å². The van der Waals surface area contributed by atoms with Crippen molar-refractivity contribution in [1.29, 1.82) is 0 Å². The Morgan fingerprint density at radius 2 is 1.97 bits per heavy atom. The molecule has 0 spiro atoms. The monoisotopic (exact) mass is 505 g/mol. The maximum Gasteiger partial charge on any atom is 0.197 e. The van der Waals surface area contributed by atoms with Gasteiger partial charge in [-0.05, 0) is 73.8 Å². The van der Waals surface area contributed by atoms with Gasteiger partial charge in [0.05, 0.1) is 9.13 Å². The quantitative estimate of drug-likeness (QED) is 0.270. The van der Waals surface area contributed by atoms with Crippen LogP contribution in [0.25, 0.3) is 11.0 Å². The first-order valence-corrected chi connectivity index (χ1v) is 11.1. The second-order valence-electron chi connectivity index (χ2n) is 7.58. The molecule has 0 aliphatic carbocycles. The first kappa shape index (κ1) is 21.8. The molecular formula is C24H28INO3. The second kappa shape index (κ2) is 9.76. The van der Waals surface area contributed by atoms with Crippen LogP contribution in [0.3, 0.4) is 0 Å². The normalized spacial score (nSPS) is 11.4. The Bertz CT molecular complexity index is 984. The minimum Gasteiger partial charge on any atom is -0.491 e. The molecule has 5 heteroatoms. The van der Waals surface area contributed by atoms with E-state index in [2.05, 4.69) is 34.4 Å². The predicted molar refractivity (Wildman–Crippen MR) is 126 cm³/mol. The molecule has 1 heterocycles. The fourth-order valence-corrected chi connectivity index (χ4v) is 4.29. The van der Waals surface area contributed by atoms with Crippen molar-refractivity contribution in [2.45, 2.75) is 33.1 Å². The maximum absolute atomic E-state index is 13.5. The minimum absolute atomic E-state index is 0.0157. The molecule has 0 aliphatic rings. The van der Waals surface area contributed by atoms with E-state index in [-0.39, 0.29) is 5.78 Å². The molecule has 0 aliphatic heterocycles. The average Bonchev–Trinajstić information content (AvgIpc) is 3.05. The zero-order valence-electron chi connectivity index (χ0n) is 17.5. The molecule has 0 radical (unpaired) electrons. The van der Waals surface area contributed by atoms with Crippen molar-refractivity contribution in [3.8, 4) is 5.75 Å². The summed E-state index contributed by atoms with van der Waals surface area (Å²) < 4.78 is 13.0. The van der Waals surface area contributed by atoms with Crippen molar-refractivity contribution < 1.29 is 13.9 Å². The number of benzene rings is 2. The Hall–Kier alpha value is -1.86. The van der Waals surface area contributed by atoms with E-state index in [0.717, 1.165) is 57.4 Å². The molecule has 3 aromatic rings. The van der Waals surface area contributed by atoms with Gasteiger partial charge in [0.1, 0.15) is 23.7 Å². The number of unbranched alkanes of at least 4 members (excludes halogenated alkanes) is 1. The number of carbonyl (C=O) groups is 1. The van der Waals surface area contributed by atoms with Crippen LogP contribution in [-0.2, 0) is 6.42 Å². The fourth-order valence-electron chi connectivity index (χ4n) is 3.38. The summed E-state index contributed by atoms with van der Waals surface area (Å²) in [7, 11) is 4.04. The Morgan fingerprint density at radius 3 is 2.66 bits per heavy atom. The molecule has 2 aromatic carbocycles. The number of furan rings is 1. The smallest absolute Gasteiger partial charge is 0.197 e. The summed E-state index contributed by atoms with van der Waals surface area (Å²) in [6.07, 6.45) is 2.82. The highest BCUT2D eigenvalue weighted by Gasteiger charge is 2.23. The lowest BCUT2D eigenvalue weighted by atomic mass is 9.97. The molecule has 0 amide bonds. The van der Waals surface area contributed by atoms with E-state index >= 15 is 0 Å². The van der Waals surface area contributed by atoms with Gasteiger partial charge in [-0.3, -0.25) is 4.79 Å². The Balaban J connectivity index is 1.96. The number of likely N-dealkylation sites (N-methyl/N-ethyl adjacent to an activating group) is 1. The second-order valence-corrected chi connectivity index (χ2v) is 8.75. The Kier molecular flexibility index (Phi) is 7.35. The summed E-state index contributed by atoms with van der Waals surface area (Å²) >= 11 is 2.26. The largest absolute Gasteiger partial charge is 0.491 e. The van der Waals surface area contributed by atoms with E-state index in [9.17, 15) is 4.79 Å². The number of para-hydroxylation sites is 1. The topological polar surface area (TPSA) is 42.7 Å². The SMILES string of the molecule is CCCCc1oc2ccccc2c1C(=O)c1cc(C)c(OCCN(C)C)c(I)c1. The van der Waals surface area contributed by atoms with Gasteiger partial charge in [-0.1, -0.05) is 31.5 Å². The lowest BCUT2D eigenvalue weighted by Crippen LogP contribution is -2.20. The number of aryl methyl sites for hydroxylation is 2. The van der Waals surface area contributed by atoms with Crippen LogP contribution >= 0.6 is 22.6 Å². The predicted octanol–water partition coefficient (Wildman–Crippen LogP) is 5.86. The molecule has 0 unspecified atom stereocenters. The highest BCUT2D eigenvalue weighted by molar-refractivity contribution is 14.1. The zero-order chi connectivity index (χ0) is 21.0. The lowest BCUT2D eigenvalue weighted by Gasteiger charge is -2.15. The highest BCUT2D eigenvalue weighted by Crippen LogP contribution is 2.32. The number of carbonyl (C=O) groups excluding carboxylic acids is 1. The van der Waals surface area contributed by atoms with Crippen LogP contribution in [0.15, 0.2) is 40.8 Å². The van der Waals surface area contributed by atoms with Crippen molar-refractivity contribution in [3.05, 3.63) is 62.4 Å².